The molecule has 0 spiro atoms. The molecule has 0 aromatic rings. The van der Waals surface area contributed by atoms with E-state index in [-0.39, 0.29) is 17.9 Å². The van der Waals surface area contributed by atoms with Gasteiger partial charge in [-0.1, -0.05) is 0 Å². The van der Waals surface area contributed by atoms with Crippen LogP contribution in [0, 0.1) is 5.92 Å². The van der Waals surface area contributed by atoms with Gasteiger partial charge in [0.2, 0.25) is 5.91 Å². The first-order chi connectivity index (χ1) is 5.24. The molecule has 0 saturated heterocycles. The zero-order chi connectivity index (χ0) is 8.27. The average Bonchev–Trinajstić information content (AvgIpc) is 2.37. The molecule has 3 heteroatoms. The van der Waals surface area contributed by atoms with Gasteiger partial charge in [0, 0.05) is 12.5 Å². The second-order valence-corrected chi connectivity index (χ2v) is 2.99. The first-order valence-corrected chi connectivity index (χ1v) is 4.15. The second kappa shape index (κ2) is 3.72. The van der Waals surface area contributed by atoms with E-state index in [1.807, 2.05) is 6.92 Å². The Labute approximate surface area is 66.9 Å². The summed E-state index contributed by atoms with van der Waals surface area (Å²) in [5.74, 6) is -0.112. The minimum atomic E-state index is -0.174. The first kappa shape index (κ1) is 8.53. The fourth-order valence-corrected chi connectivity index (χ4v) is 1.59. The predicted molar refractivity (Wildman–Crippen MR) is 41.9 cm³/mol. The fourth-order valence-electron chi connectivity index (χ4n) is 1.59. The maximum atomic E-state index is 10.7. The molecule has 2 unspecified atom stereocenters. The summed E-state index contributed by atoms with van der Waals surface area (Å²) in [4.78, 5) is 10.7. The normalized spacial score (nSPS) is 30.6. The van der Waals surface area contributed by atoms with Crippen molar-refractivity contribution in [3.63, 3.8) is 0 Å². The smallest absolute Gasteiger partial charge is 0.220 e. The third-order valence-corrected chi connectivity index (χ3v) is 2.19. The van der Waals surface area contributed by atoms with Crippen LogP contribution in [0.2, 0.25) is 0 Å². The number of carbonyl (C=O) groups is 1. The van der Waals surface area contributed by atoms with E-state index in [1.54, 1.807) is 0 Å². The van der Waals surface area contributed by atoms with Gasteiger partial charge >= 0.3 is 0 Å². The van der Waals surface area contributed by atoms with Crippen LogP contribution in [0.3, 0.4) is 0 Å². The van der Waals surface area contributed by atoms with E-state index < -0.39 is 0 Å². The van der Waals surface area contributed by atoms with Gasteiger partial charge in [-0.05, 0) is 26.2 Å². The summed E-state index contributed by atoms with van der Waals surface area (Å²) in [7, 11) is 0. The molecule has 11 heavy (non-hydrogen) atoms. The Morgan fingerprint density at radius 1 is 1.64 bits per heavy atom. The molecule has 2 atom stereocenters. The summed E-state index contributed by atoms with van der Waals surface area (Å²) in [5.41, 5.74) is 5.16. The van der Waals surface area contributed by atoms with E-state index in [0.717, 1.165) is 25.9 Å². The lowest BCUT2D eigenvalue weighted by molar-refractivity contribution is -0.121. The van der Waals surface area contributed by atoms with Gasteiger partial charge in [0.1, 0.15) is 0 Å². The maximum absolute atomic E-state index is 10.7. The van der Waals surface area contributed by atoms with Crippen LogP contribution >= 0.6 is 0 Å². The van der Waals surface area contributed by atoms with E-state index in [1.165, 1.54) is 0 Å². The van der Waals surface area contributed by atoms with Crippen molar-refractivity contribution in [2.24, 2.45) is 11.7 Å². The van der Waals surface area contributed by atoms with E-state index in [4.69, 9.17) is 10.5 Å². The molecule has 0 aromatic heterocycles. The van der Waals surface area contributed by atoms with Gasteiger partial charge in [0.25, 0.3) is 0 Å². The topological polar surface area (TPSA) is 52.3 Å². The van der Waals surface area contributed by atoms with Crippen LogP contribution < -0.4 is 5.73 Å². The molecule has 0 heterocycles. The molecule has 0 aliphatic heterocycles. The molecular formula is C8H15NO2. The van der Waals surface area contributed by atoms with Crippen LogP contribution in [0.1, 0.15) is 26.2 Å². The third-order valence-electron chi connectivity index (χ3n) is 2.19. The monoisotopic (exact) mass is 157 g/mol. The Hall–Kier alpha value is -0.570. The van der Waals surface area contributed by atoms with Gasteiger partial charge < -0.3 is 10.5 Å². The lowest BCUT2D eigenvalue weighted by atomic mass is 10.1. The zero-order valence-electron chi connectivity index (χ0n) is 6.88. The lowest BCUT2D eigenvalue weighted by Gasteiger charge is -2.08. The van der Waals surface area contributed by atoms with Crippen molar-refractivity contribution in [3.8, 4) is 0 Å². The Morgan fingerprint density at radius 3 is 2.82 bits per heavy atom. The Morgan fingerprint density at radius 2 is 2.36 bits per heavy atom. The molecule has 1 fully saturated rings. The van der Waals surface area contributed by atoms with E-state index in [9.17, 15) is 4.79 Å². The van der Waals surface area contributed by atoms with Gasteiger partial charge in [-0.2, -0.15) is 0 Å². The summed E-state index contributed by atoms with van der Waals surface area (Å²) in [6, 6.07) is 0. The second-order valence-electron chi connectivity index (χ2n) is 2.99. The Kier molecular flexibility index (Phi) is 2.88. The van der Waals surface area contributed by atoms with Gasteiger partial charge in [0.15, 0.2) is 0 Å². The number of hydrogen-bond donors (Lipinski definition) is 1. The molecule has 64 valence electrons. The summed E-state index contributed by atoms with van der Waals surface area (Å²) >= 11 is 0. The zero-order valence-corrected chi connectivity index (χ0v) is 6.88. The molecule has 1 aliphatic rings. The number of amides is 1. The van der Waals surface area contributed by atoms with E-state index in [0.29, 0.717) is 0 Å². The molecule has 1 saturated carbocycles. The summed E-state index contributed by atoms with van der Waals surface area (Å²) in [6.07, 6.45) is 2.99. The van der Waals surface area contributed by atoms with Crippen molar-refractivity contribution in [1.82, 2.24) is 0 Å². The molecule has 1 rings (SSSR count). The van der Waals surface area contributed by atoms with Crippen molar-refractivity contribution in [2.45, 2.75) is 32.3 Å². The molecular weight excluding hydrogens is 142 g/mol. The van der Waals surface area contributed by atoms with Gasteiger partial charge in [0.05, 0.1) is 6.10 Å². The molecule has 1 amide bonds. The first-order valence-electron chi connectivity index (χ1n) is 4.15. The Balaban J connectivity index is 2.29. The van der Waals surface area contributed by atoms with Crippen LogP contribution in [0.25, 0.3) is 0 Å². The fraction of sp³-hybridized carbons (Fsp3) is 0.875. The van der Waals surface area contributed by atoms with Gasteiger partial charge in [-0.15, -0.1) is 0 Å². The van der Waals surface area contributed by atoms with Crippen molar-refractivity contribution < 1.29 is 9.53 Å². The summed E-state index contributed by atoms with van der Waals surface area (Å²) < 4.78 is 5.38. The molecule has 0 bridgehead atoms. The molecule has 2 N–H and O–H groups in total. The third kappa shape index (κ3) is 2.19. The van der Waals surface area contributed by atoms with Crippen LogP contribution in [-0.4, -0.2) is 18.6 Å². The number of nitrogens with two attached hydrogens (primary N) is 1. The van der Waals surface area contributed by atoms with Crippen molar-refractivity contribution >= 4 is 5.91 Å². The minimum absolute atomic E-state index is 0.0616. The van der Waals surface area contributed by atoms with Crippen LogP contribution in [0.5, 0.6) is 0 Å². The minimum Gasteiger partial charge on any atom is -0.378 e. The quantitative estimate of drug-likeness (QED) is 0.654. The lowest BCUT2D eigenvalue weighted by Crippen LogP contribution is -2.21. The number of primary amides is 1. The van der Waals surface area contributed by atoms with Gasteiger partial charge in [-0.25, -0.2) is 0 Å². The van der Waals surface area contributed by atoms with Crippen LogP contribution in [0.15, 0.2) is 0 Å². The largest absolute Gasteiger partial charge is 0.378 e. The summed E-state index contributed by atoms with van der Waals surface area (Å²) in [6.45, 7) is 2.70. The SMILES string of the molecule is CCOC1CCC(C(N)=O)C1. The molecule has 0 radical (unpaired) electrons. The van der Waals surface area contributed by atoms with E-state index >= 15 is 0 Å². The number of carbonyl (C=O) groups excluding carboxylic acids is 1. The number of ether oxygens (including phenoxy) is 1. The highest BCUT2D eigenvalue weighted by atomic mass is 16.5. The maximum Gasteiger partial charge on any atom is 0.220 e. The predicted octanol–water partition coefficient (Wildman–Crippen LogP) is 0.677. The van der Waals surface area contributed by atoms with Crippen molar-refractivity contribution in [1.29, 1.82) is 0 Å². The number of hydrogen-bond acceptors (Lipinski definition) is 2. The van der Waals surface area contributed by atoms with Crippen molar-refractivity contribution in [3.05, 3.63) is 0 Å². The average molecular weight is 157 g/mol. The molecule has 0 aromatic carbocycles. The molecule has 1 aliphatic carbocycles. The van der Waals surface area contributed by atoms with Crippen LogP contribution in [-0.2, 0) is 9.53 Å². The van der Waals surface area contributed by atoms with E-state index in [2.05, 4.69) is 0 Å². The highest BCUT2D eigenvalue weighted by molar-refractivity contribution is 5.76. The standard InChI is InChI=1S/C8H15NO2/c1-2-11-7-4-3-6(5-7)8(9)10/h6-7H,2-5H2,1H3,(H2,9,10). The highest BCUT2D eigenvalue weighted by Gasteiger charge is 2.28. The van der Waals surface area contributed by atoms with Crippen molar-refractivity contribution in [2.75, 3.05) is 6.61 Å². The Bertz CT molecular complexity index is 147. The van der Waals surface area contributed by atoms with Gasteiger partial charge in [-0.3, -0.25) is 4.79 Å². The summed E-state index contributed by atoms with van der Waals surface area (Å²) in [5, 5.41) is 0. The number of rotatable bonds is 3. The highest BCUT2D eigenvalue weighted by Crippen LogP contribution is 2.27. The van der Waals surface area contributed by atoms with Crippen LogP contribution in [0.4, 0.5) is 0 Å². The molecule has 3 nitrogen and oxygen atoms in total.